The first-order chi connectivity index (χ1) is 7.17. The maximum absolute atomic E-state index is 5.93. The average molecular weight is 228 g/mol. The molecule has 15 heavy (non-hydrogen) atoms. The lowest BCUT2D eigenvalue weighted by atomic mass is 10.2. The maximum Gasteiger partial charge on any atom is 0.119 e. The highest BCUT2D eigenvalue weighted by molar-refractivity contribution is 6.31. The number of halogens is 1. The molecule has 0 spiro atoms. The zero-order chi connectivity index (χ0) is 11.3. The predicted molar refractivity (Wildman–Crippen MR) is 64.8 cm³/mol. The number of hydrogen-bond acceptors (Lipinski definition) is 2. The van der Waals surface area contributed by atoms with E-state index in [1.165, 1.54) is 0 Å². The van der Waals surface area contributed by atoms with Gasteiger partial charge in [-0.25, -0.2) is 0 Å². The van der Waals surface area contributed by atoms with Crippen LogP contribution in [0.2, 0.25) is 5.02 Å². The molecule has 0 saturated heterocycles. The summed E-state index contributed by atoms with van der Waals surface area (Å²) < 4.78 is 5.66. The second-order valence-corrected chi connectivity index (χ2v) is 4.02. The lowest BCUT2D eigenvalue weighted by Crippen LogP contribution is -2.30. The molecule has 0 fully saturated rings. The van der Waals surface area contributed by atoms with E-state index in [1.807, 2.05) is 32.2 Å². The van der Waals surface area contributed by atoms with Gasteiger partial charge in [0.15, 0.2) is 0 Å². The molecule has 0 heterocycles. The predicted octanol–water partition coefficient (Wildman–Crippen LogP) is 3.03. The summed E-state index contributed by atoms with van der Waals surface area (Å²) in [7, 11) is 1.95. The number of ether oxygens (including phenoxy) is 1. The number of hydrogen-bond donors (Lipinski definition) is 1. The Balaban J connectivity index is 2.54. The molecule has 1 atom stereocenters. The first-order valence-corrected chi connectivity index (χ1v) is 5.61. The average Bonchev–Trinajstić information content (AvgIpc) is 2.24. The minimum atomic E-state index is 0.404. The van der Waals surface area contributed by atoms with Crippen molar-refractivity contribution in [1.29, 1.82) is 0 Å². The van der Waals surface area contributed by atoms with Crippen molar-refractivity contribution >= 4 is 11.6 Å². The van der Waals surface area contributed by atoms with Gasteiger partial charge in [0.1, 0.15) is 12.4 Å². The number of nitrogens with one attached hydrogen (secondary N) is 1. The molecule has 0 bridgehead atoms. The van der Waals surface area contributed by atoms with E-state index in [-0.39, 0.29) is 0 Å². The van der Waals surface area contributed by atoms with Crippen LogP contribution in [0.5, 0.6) is 5.75 Å². The van der Waals surface area contributed by atoms with Gasteiger partial charge in [-0.15, -0.1) is 0 Å². The van der Waals surface area contributed by atoms with Crippen molar-refractivity contribution in [1.82, 2.24) is 5.32 Å². The molecule has 1 aromatic rings. The van der Waals surface area contributed by atoms with Crippen molar-refractivity contribution < 1.29 is 4.74 Å². The van der Waals surface area contributed by atoms with Crippen LogP contribution in [0.3, 0.4) is 0 Å². The first kappa shape index (κ1) is 12.3. The quantitative estimate of drug-likeness (QED) is 0.835. The second kappa shape index (κ2) is 5.99. The van der Waals surface area contributed by atoms with Crippen molar-refractivity contribution in [2.75, 3.05) is 13.7 Å². The Morgan fingerprint density at radius 3 is 2.73 bits per heavy atom. The summed E-state index contributed by atoms with van der Waals surface area (Å²) >= 11 is 5.93. The molecule has 0 aliphatic heterocycles. The molecule has 1 aromatic carbocycles. The summed E-state index contributed by atoms with van der Waals surface area (Å²) in [6, 6.07) is 6.13. The van der Waals surface area contributed by atoms with E-state index < -0.39 is 0 Å². The summed E-state index contributed by atoms with van der Waals surface area (Å²) in [6.07, 6.45) is 1.06. The summed E-state index contributed by atoms with van der Waals surface area (Å²) in [4.78, 5) is 0. The summed E-state index contributed by atoms with van der Waals surface area (Å²) in [5.41, 5.74) is 1.05. The molecule has 1 rings (SSSR count). The number of rotatable bonds is 5. The first-order valence-electron chi connectivity index (χ1n) is 5.23. The fourth-order valence-corrected chi connectivity index (χ4v) is 1.43. The standard InChI is InChI=1S/C12H18ClNO/c1-4-10(14-3)8-15-11-5-6-12(13)9(2)7-11/h5-7,10,14H,4,8H2,1-3H3. The lowest BCUT2D eigenvalue weighted by molar-refractivity contribution is 0.267. The van der Waals surface area contributed by atoms with E-state index >= 15 is 0 Å². The third-order valence-electron chi connectivity index (χ3n) is 2.48. The molecule has 0 aliphatic rings. The van der Waals surface area contributed by atoms with Gasteiger partial charge in [-0.05, 0) is 44.2 Å². The van der Waals surface area contributed by atoms with Crippen LogP contribution in [0.15, 0.2) is 18.2 Å². The lowest BCUT2D eigenvalue weighted by Gasteiger charge is -2.15. The molecule has 0 saturated carbocycles. The topological polar surface area (TPSA) is 21.3 Å². The van der Waals surface area contributed by atoms with Gasteiger partial charge >= 0.3 is 0 Å². The van der Waals surface area contributed by atoms with Gasteiger partial charge in [0.2, 0.25) is 0 Å². The van der Waals surface area contributed by atoms with Gasteiger partial charge < -0.3 is 10.1 Å². The van der Waals surface area contributed by atoms with Gasteiger partial charge in [0.25, 0.3) is 0 Å². The van der Waals surface area contributed by atoms with Crippen molar-refractivity contribution in [3.05, 3.63) is 28.8 Å². The largest absolute Gasteiger partial charge is 0.492 e. The van der Waals surface area contributed by atoms with Crippen LogP contribution < -0.4 is 10.1 Å². The van der Waals surface area contributed by atoms with E-state index in [0.717, 1.165) is 22.8 Å². The number of benzene rings is 1. The Morgan fingerprint density at radius 2 is 2.20 bits per heavy atom. The van der Waals surface area contributed by atoms with Gasteiger partial charge in [-0.2, -0.15) is 0 Å². The molecule has 0 aliphatic carbocycles. The molecule has 1 unspecified atom stereocenters. The number of likely N-dealkylation sites (N-methyl/N-ethyl adjacent to an activating group) is 1. The van der Waals surface area contributed by atoms with Gasteiger partial charge in [-0.1, -0.05) is 18.5 Å². The minimum absolute atomic E-state index is 0.404. The van der Waals surface area contributed by atoms with Crippen LogP contribution in [0.25, 0.3) is 0 Å². The maximum atomic E-state index is 5.93. The van der Waals surface area contributed by atoms with Crippen molar-refractivity contribution in [2.24, 2.45) is 0 Å². The smallest absolute Gasteiger partial charge is 0.119 e. The van der Waals surface area contributed by atoms with Gasteiger partial charge in [0.05, 0.1) is 0 Å². The molecule has 2 nitrogen and oxygen atoms in total. The van der Waals surface area contributed by atoms with Crippen LogP contribution in [-0.4, -0.2) is 19.7 Å². The van der Waals surface area contributed by atoms with E-state index in [0.29, 0.717) is 12.6 Å². The van der Waals surface area contributed by atoms with Gasteiger partial charge in [0, 0.05) is 11.1 Å². The fourth-order valence-electron chi connectivity index (χ4n) is 1.31. The number of aryl methyl sites for hydroxylation is 1. The van der Waals surface area contributed by atoms with Crippen molar-refractivity contribution in [3.8, 4) is 5.75 Å². The van der Waals surface area contributed by atoms with E-state index in [2.05, 4.69) is 12.2 Å². The molecule has 0 radical (unpaired) electrons. The second-order valence-electron chi connectivity index (χ2n) is 3.62. The molecule has 84 valence electrons. The zero-order valence-electron chi connectivity index (χ0n) is 9.51. The fraction of sp³-hybridized carbons (Fsp3) is 0.500. The Kier molecular flexibility index (Phi) is 4.92. The Hall–Kier alpha value is -0.730. The summed E-state index contributed by atoms with van der Waals surface area (Å²) in [6.45, 7) is 4.80. The highest BCUT2D eigenvalue weighted by Gasteiger charge is 2.04. The zero-order valence-corrected chi connectivity index (χ0v) is 10.3. The van der Waals surface area contributed by atoms with Crippen LogP contribution in [-0.2, 0) is 0 Å². The Labute approximate surface area is 96.6 Å². The normalized spacial score (nSPS) is 12.5. The molecule has 3 heteroatoms. The molecule has 1 N–H and O–H groups in total. The third-order valence-corrected chi connectivity index (χ3v) is 2.91. The van der Waals surface area contributed by atoms with Crippen LogP contribution in [0, 0.1) is 6.92 Å². The third kappa shape index (κ3) is 3.73. The van der Waals surface area contributed by atoms with Crippen LogP contribution in [0.1, 0.15) is 18.9 Å². The molecular weight excluding hydrogens is 210 g/mol. The Bertz CT molecular complexity index is 310. The molecule has 0 amide bonds. The molecule has 0 aromatic heterocycles. The van der Waals surface area contributed by atoms with Crippen LogP contribution >= 0.6 is 11.6 Å². The van der Waals surface area contributed by atoms with Gasteiger partial charge in [-0.3, -0.25) is 0 Å². The summed E-state index contributed by atoms with van der Waals surface area (Å²) in [5, 5.41) is 3.98. The highest BCUT2D eigenvalue weighted by atomic mass is 35.5. The van der Waals surface area contributed by atoms with E-state index in [1.54, 1.807) is 0 Å². The van der Waals surface area contributed by atoms with Crippen molar-refractivity contribution in [3.63, 3.8) is 0 Å². The minimum Gasteiger partial charge on any atom is -0.492 e. The highest BCUT2D eigenvalue weighted by Crippen LogP contribution is 2.21. The summed E-state index contributed by atoms with van der Waals surface area (Å²) in [5.74, 6) is 0.880. The SMILES string of the molecule is CCC(COc1ccc(Cl)c(C)c1)NC. The molecular formula is C12H18ClNO. The van der Waals surface area contributed by atoms with E-state index in [9.17, 15) is 0 Å². The van der Waals surface area contributed by atoms with Crippen molar-refractivity contribution in [2.45, 2.75) is 26.3 Å². The Morgan fingerprint density at radius 1 is 1.47 bits per heavy atom. The van der Waals surface area contributed by atoms with E-state index in [4.69, 9.17) is 16.3 Å². The van der Waals surface area contributed by atoms with Crippen LogP contribution in [0.4, 0.5) is 0 Å². The monoisotopic (exact) mass is 227 g/mol.